The molecule has 21 heavy (non-hydrogen) atoms. The zero-order valence-electron chi connectivity index (χ0n) is 11.7. The number of guanidine groups is 1. The van der Waals surface area contributed by atoms with Crippen LogP contribution in [0.1, 0.15) is 18.7 Å². The minimum Gasteiger partial charge on any atom is -0.354 e. The molecule has 7 heteroatoms. The van der Waals surface area contributed by atoms with Gasteiger partial charge in [-0.2, -0.15) is 5.10 Å². The Bertz CT molecular complexity index is 629. The van der Waals surface area contributed by atoms with Crippen LogP contribution in [-0.4, -0.2) is 34.2 Å². The summed E-state index contributed by atoms with van der Waals surface area (Å²) in [7, 11) is 1.77. The summed E-state index contributed by atoms with van der Waals surface area (Å²) in [6.07, 6.45) is 2.44. The number of aliphatic imine (C=N–C) groups is 1. The summed E-state index contributed by atoms with van der Waals surface area (Å²) in [6, 6.07) is 8.50. The van der Waals surface area contributed by atoms with Gasteiger partial charge < -0.3 is 10.6 Å². The molecule has 3 rings (SSSR count). The number of halogens is 1. The topological polar surface area (TPSA) is 78.0 Å². The molecule has 0 unspecified atom stereocenters. The van der Waals surface area contributed by atoms with Gasteiger partial charge in [0.05, 0.1) is 6.54 Å². The number of nitrogens with one attached hydrogen (secondary N) is 3. The molecule has 0 aliphatic heterocycles. The molecular formula is C14H17BrN6. The van der Waals surface area contributed by atoms with Crippen LogP contribution in [0.15, 0.2) is 33.7 Å². The first-order valence-electron chi connectivity index (χ1n) is 6.89. The molecule has 110 valence electrons. The fraction of sp³-hybridized carbons (Fsp3) is 0.357. The van der Waals surface area contributed by atoms with Crippen molar-refractivity contribution >= 4 is 21.9 Å². The average molecular weight is 349 g/mol. The molecule has 1 saturated carbocycles. The molecule has 1 aliphatic rings. The highest BCUT2D eigenvalue weighted by Crippen LogP contribution is 2.19. The second-order valence-corrected chi connectivity index (χ2v) is 5.87. The summed E-state index contributed by atoms with van der Waals surface area (Å²) < 4.78 is 1.04. The maximum absolute atomic E-state index is 4.48. The van der Waals surface area contributed by atoms with Gasteiger partial charge in [0.25, 0.3) is 0 Å². The molecule has 1 heterocycles. The van der Waals surface area contributed by atoms with Gasteiger partial charge in [0.2, 0.25) is 0 Å². The first-order chi connectivity index (χ1) is 10.2. The third-order valence-corrected chi connectivity index (χ3v) is 3.73. The van der Waals surface area contributed by atoms with Crippen molar-refractivity contribution in [1.29, 1.82) is 0 Å². The summed E-state index contributed by atoms with van der Waals surface area (Å²) >= 11 is 3.42. The van der Waals surface area contributed by atoms with E-state index in [2.05, 4.69) is 46.7 Å². The highest BCUT2D eigenvalue weighted by molar-refractivity contribution is 9.10. The second-order valence-electron chi connectivity index (χ2n) is 4.96. The van der Waals surface area contributed by atoms with Crippen molar-refractivity contribution in [2.45, 2.75) is 25.4 Å². The molecule has 0 amide bonds. The van der Waals surface area contributed by atoms with Crippen LogP contribution in [0.2, 0.25) is 0 Å². The van der Waals surface area contributed by atoms with E-state index < -0.39 is 0 Å². The van der Waals surface area contributed by atoms with Crippen molar-refractivity contribution in [3.05, 3.63) is 34.6 Å². The molecule has 3 N–H and O–H groups in total. The van der Waals surface area contributed by atoms with Crippen molar-refractivity contribution in [3.8, 4) is 11.4 Å². The third kappa shape index (κ3) is 3.81. The van der Waals surface area contributed by atoms with E-state index in [9.17, 15) is 0 Å². The number of nitrogens with zero attached hydrogens (tertiary/aromatic N) is 3. The number of hydrogen-bond donors (Lipinski definition) is 3. The van der Waals surface area contributed by atoms with Crippen molar-refractivity contribution in [3.63, 3.8) is 0 Å². The summed E-state index contributed by atoms with van der Waals surface area (Å²) in [5, 5.41) is 13.7. The zero-order valence-corrected chi connectivity index (χ0v) is 13.3. The molecule has 1 aromatic carbocycles. The van der Waals surface area contributed by atoms with E-state index in [1.165, 1.54) is 12.8 Å². The van der Waals surface area contributed by atoms with Gasteiger partial charge in [-0.3, -0.25) is 10.1 Å². The van der Waals surface area contributed by atoms with Crippen molar-refractivity contribution < 1.29 is 0 Å². The molecule has 2 aromatic rings. The quantitative estimate of drug-likeness (QED) is 0.583. The highest BCUT2D eigenvalue weighted by atomic mass is 79.9. The highest BCUT2D eigenvalue weighted by Gasteiger charge is 2.22. The van der Waals surface area contributed by atoms with Crippen molar-refractivity contribution in [1.82, 2.24) is 25.8 Å². The fourth-order valence-corrected chi connectivity index (χ4v) is 2.15. The number of benzene rings is 1. The number of H-pyrrole nitrogens is 1. The van der Waals surface area contributed by atoms with Crippen LogP contribution in [0.3, 0.4) is 0 Å². The van der Waals surface area contributed by atoms with Crippen LogP contribution in [-0.2, 0) is 6.54 Å². The van der Waals surface area contributed by atoms with E-state index in [0.717, 1.165) is 21.8 Å². The van der Waals surface area contributed by atoms with Crippen LogP contribution < -0.4 is 10.6 Å². The minimum atomic E-state index is 0.565. The van der Waals surface area contributed by atoms with E-state index in [-0.39, 0.29) is 0 Å². The summed E-state index contributed by atoms with van der Waals surface area (Å²) in [5.74, 6) is 2.29. The lowest BCUT2D eigenvalue weighted by molar-refractivity contribution is 0.773. The molecule has 0 atom stereocenters. The Labute approximate surface area is 131 Å². The number of rotatable bonds is 4. The van der Waals surface area contributed by atoms with Crippen molar-refractivity contribution in [2.24, 2.45) is 4.99 Å². The molecule has 6 nitrogen and oxygen atoms in total. The molecule has 0 saturated heterocycles. The van der Waals surface area contributed by atoms with E-state index in [1.54, 1.807) is 7.05 Å². The van der Waals surface area contributed by atoms with Gasteiger partial charge in [-0.15, -0.1) is 0 Å². The molecule has 0 bridgehead atoms. The normalized spacial score (nSPS) is 15.0. The lowest BCUT2D eigenvalue weighted by Crippen LogP contribution is -2.38. The maximum atomic E-state index is 4.48. The zero-order chi connectivity index (χ0) is 14.7. The van der Waals surface area contributed by atoms with E-state index in [1.807, 2.05) is 24.3 Å². The van der Waals surface area contributed by atoms with Crippen LogP contribution >= 0.6 is 15.9 Å². The Morgan fingerprint density at radius 1 is 1.38 bits per heavy atom. The summed E-state index contributed by atoms with van der Waals surface area (Å²) in [4.78, 5) is 8.67. The van der Waals surface area contributed by atoms with Gasteiger partial charge in [0.15, 0.2) is 11.8 Å². The Morgan fingerprint density at radius 3 is 2.81 bits per heavy atom. The summed E-state index contributed by atoms with van der Waals surface area (Å²) in [6.45, 7) is 0.565. The van der Waals surface area contributed by atoms with E-state index >= 15 is 0 Å². The predicted octanol–water partition coefficient (Wildman–Crippen LogP) is 2.06. The number of hydrogen-bond acceptors (Lipinski definition) is 3. The van der Waals surface area contributed by atoms with Gasteiger partial charge in [-0.1, -0.05) is 28.1 Å². The van der Waals surface area contributed by atoms with Crippen molar-refractivity contribution in [2.75, 3.05) is 7.05 Å². The van der Waals surface area contributed by atoms with Crippen LogP contribution in [0.25, 0.3) is 11.4 Å². The molecule has 0 radical (unpaired) electrons. The van der Waals surface area contributed by atoms with Crippen LogP contribution in [0.5, 0.6) is 0 Å². The first kappa shape index (κ1) is 14.1. The Balaban J connectivity index is 1.60. The monoisotopic (exact) mass is 348 g/mol. The second kappa shape index (κ2) is 6.26. The van der Waals surface area contributed by atoms with Gasteiger partial charge in [-0.05, 0) is 25.0 Å². The minimum absolute atomic E-state index is 0.565. The molecule has 1 aliphatic carbocycles. The Kier molecular flexibility index (Phi) is 4.19. The molecule has 1 fully saturated rings. The van der Waals surface area contributed by atoms with Gasteiger partial charge in [0.1, 0.15) is 5.82 Å². The number of aromatic amines is 1. The third-order valence-electron chi connectivity index (χ3n) is 3.20. The maximum Gasteiger partial charge on any atom is 0.191 e. The van der Waals surface area contributed by atoms with E-state index in [0.29, 0.717) is 18.4 Å². The Morgan fingerprint density at radius 2 is 2.14 bits per heavy atom. The average Bonchev–Trinajstić information content (AvgIpc) is 3.19. The van der Waals surface area contributed by atoms with Gasteiger partial charge in [-0.25, -0.2) is 4.98 Å². The van der Waals surface area contributed by atoms with Gasteiger partial charge in [0, 0.05) is 23.1 Å². The smallest absolute Gasteiger partial charge is 0.191 e. The van der Waals surface area contributed by atoms with Crippen LogP contribution in [0, 0.1) is 0 Å². The van der Waals surface area contributed by atoms with Crippen LogP contribution in [0.4, 0.5) is 0 Å². The lowest BCUT2D eigenvalue weighted by Gasteiger charge is -2.09. The molecule has 0 spiro atoms. The molecule has 1 aromatic heterocycles. The van der Waals surface area contributed by atoms with Gasteiger partial charge >= 0.3 is 0 Å². The fourth-order valence-electron chi connectivity index (χ4n) is 1.89. The molecular weight excluding hydrogens is 332 g/mol. The first-order valence-corrected chi connectivity index (χ1v) is 7.68. The lowest BCUT2D eigenvalue weighted by atomic mass is 10.2. The largest absolute Gasteiger partial charge is 0.354 e. The number of aromatic nitrogens is 3. The summed E-state index contributed by atoms with van der Waals surface area (Å²) in [5.41, 5.74) is 0.987. The Hall–Kier alpha value is -1.89. The standard InChI is InChI=1S/C14H17BrN6/c1-16-14(18-11-6-7-11)17-8-12-19-13(21-20-12)9-2-4-10(15)5-3-9/h2-5,11H,6-8H2,1H3,(H2,16,17,18)(H,19,20,21). The van der Waals surface area contributed by atoms with E-state index in [4.69, 9.17) is 0 Å². The SMILES string of the molecule is CN=C(NCc1nc(-c2ccc(Br)cc2)n[nH]1)NC1CC1. The predicted molar refractivity (Wildman–Crippen MR) is 85.9 cm³/mol.